The maximum Gasteiger partial charge on any atom is 0.340 e. The maximum atomic E-state index is 12.0. The molecule has 0 aromatic heterocycles. The molecule has 0 heterocycles. The highest BCUT2D eigenvalue weighted by Crippen LogP contribution is 2.16. The van der Waals surface area contributed by atoms with Crippen molar-refractivity contribution in [1.29, 1.82) is 0 Å². The monoisotopic (exact) mass is 296 g/mol. The van der Waals surface area contributed by atoms with E-state index in [9.17, 15) is 9.59 Å². The molecular weight excluding hydrogens is 276 g/mol. The Kier molecular flexibility index (Phi) is 7.11. The average Bonchev–Trinajstić information content (AvgIpc) is 2.45. The van der Waals surface area contributed by atoms with Crippen LogP contribution in [-0.4, -0.2) is 36.5 Å². The number of nitrogens with two attached hydrogens (primary N) is 1. The number of rotatable bonds is 7. The third-order valence-corrected chi connectivity index (χ3v) is 3.29. The molecule has 0 aliphatic carbocycles. The second kappa shape index (κ2) is 8.60. The van der Waals surface area contributed by atoms with E-state index in [-0.39, 0.29) is 12.5 Å². The lowest BCUT2D eigenvalue weighted by Gasteiger charge is -2.14. The van der Waals surface area contributed by atoms with Crippen LogP contribution in [0.2, 0.25) is 0 Å². The van der Waals surface area contributed by atoms with Gasteiger partial charge in [-0.05, 0) is 37.5 Å². The number of hydrogen-bond donors (Lipinski definition) is 2. The summed E-state index contributed by atoms with van der Waals surface area (Å²) in [7, 11) is 0. The Morgan fingerprint density at radius 3 is 2.75 bits per heavy atom. The summed E-state index contributed by atoms with van der Waals surface area (Å²) in [6, 6.07) is 6.14. The van der Waals surface area contributed by atoms with Crippen LogP contribution in [0.5, 0.6) is 0 Å². The van der Waals surface area contributed by atoms with E-state index in [1.165, 1.54) is 0 Å². The maximum absolute atomic E-state index is 12.0. The minimum atomic E-state index is -0.585. The number of hydrogen-bond acceptors (Lipinski definition) is 5. The Labute approximate surface area is 123 Å². The summed E-state index contributed by atoms with van der Waals surface area (Å²) in [5, 5.41) is 2.68. The number of carbonyl (C=O) groups excluding carboxylic acids is 2. The molecular formula is C14H20N2O3S. The molecule has 0 aliphatic heterocycles. The molecule has 0 bridgehead atoms. The summed E-state index contributed by atoms with van der Waals surface area (Å²) in [4.78, 5) is 23.7. The molecule has 1 aromatic carbocycles. The van der Waals surface area contributed by atoms with Gasteiger partial charge >= 0.3 is 5.97 Å². The van der Waals surface area contributed by atoms with Gasteiger partial charge in [0, 0.05) is 0 Å². The zero-order valence-corrected chi connectivity index (χ0v) is 12.5. The van der Waals surface area contributed by atoms with Crippen LogP contribution in [0.1, 0.15) is 23.7 Å². The van der Waals surface area contributed by atoms with Crippen molar-refractivity contribution >= 4 is 29.3 Å². The van der Waals surface area contributed by atoms with Crippen LogP contribution in [-0.2, 0) is 9.53 Å². The summed E-state index contributed by atoms with van der Waals surface area (Å²) in [5.74, 6) is 0.0607. The molecule has 0 aliphatic rings. The summed E-state index contributed by atoms with van der Waals surface area (Å²) in [6.45, 7) is 2.02. The van der Waals surface area contributed by atoms with Crippen molar-refractivity contribution in [2.24, 2.45) is 5.73 Å². The number of anilines is 1. The molecule has 1 amide bonds. The van der Waals surface area contributed by atoms with E-state index in [1.807, 2.05) is 6.26 Å². The fourth-order valence-corrected chi connectivity index (χ4v) is 2.07. The van der Waals surface area contributed by atoms with Gasteiger partial charge in [0.25, 0.3) is 0 Å². The summed E-state index contributed by atoms with van der Waals surface area (Å²) >= 11 is 1.63. The molecule has 6 heteroatoms. The molecule has 5 nitrogen and oxygen atoms in total. The normalized spacial score (nSPS) is 11.8. The van der Waals surface area contributed by atoms with Crippen LogP contribution in [0.4, 0.5) is 5.69 Å². The zero-order valence-electron chi connectivity index (χ0n) is 11.7. The summed E-state index contributed by atoms with van der Waals surface area (Å²) < 4.78 is 4.95. The fourth-order valence-electron chi connectivity index (χ4n) is 1.58. The number of carbonyl (C=O) groups is 2. The first-order chi connectivity index (χ1) is 9.60. The van der Waals surface area contributed by atoms with Crippen LogP contribution in [0.25, 0.3) is 0 Å². The number of nitrogens with one attached hydrogen (secondary N) is 1. The molecule has 110 valence electrons. The van der Waals surface area contributed by atoms with E-state index in [1.54, 1.807) is 43.0 Å². The molecule has 0 fully saturated rings. The number of benzene rings is 1. The van der Waals surface area contributed by atoms with Gasteiger partial charge in [-0.2, -0.15) is 11.8 Å². The predicted octanol–water partition coefficient (Wildman–Crippen LogP) is 1.88. The van der Waals surface area contributed by atoms with E-state index in [2.05, 4.69) is 5.32 Å². The first-order valence-corrected chi connectivity index (χ1v) is 7.81. The van der Waals surface area contributed by atoms with Gasteiger partial charge in [-0.15, -0.1) is 0 Å². The van der Waals surface area contributed by atoms with Crippen molar-refractivity contribution in [3.63, 3.8) is 0 Å². The third kappa shape index (κ3) is 4.86. The number of ether oxygens (including phenoxy) is 1. The highest BCUT2D eigenvalue weighted by molar-refractivity contribution is 7.98. The Morgan fingerprint density at radius 1 is 1.40 bits per heavy atom. The van der Waals surface area contributed by atoms with Gasteiger partial charge in [-0.25, -0.2) is 4.79 Å². The molecule has 3 N–H and O–H groups in total. The second-order valence-electron chi connectivity index (χ2n) is 4.14. The molecule has 1 atom stereocenters. The highest BCUT2D eigenvalue weighted by atomic mass is 32.2. The summed E-state index contributed by atoms with van der Waals surface area (Å²) in [6.07, 6.45) is 2.55. The molecule has 1 rings (SSSR count). The van der Waals surface area contributed by atoms with Gasteiger partial charge in [-0.1, -0.05) is 12.1 Å². The third-order valence-electron chi connectivity index (χ3n) is 2.65. The van der Waals surface area contributed by atoms with Crippen molar-refractivity contribution in [2.75, 3.05) is 23.9 Å². The lowest BCUT2D eigenvalue weighted by molar-refractivity contribution is -0.117. The lowest BCUT2D eigenvalue weighted by Crippen LogP contribution is -2.36. The van der Waals surface area contributed by atoms with E-state index in [0.717, 1.165) is 5.75 Å². The molecule has 0 saturated heterocycles. The molecule has 0 saturated carbocycles. The Balaban J connectivity index is 2.76. The van der Waals surface area contributed by atoms with Crippen molar-refractivity contribution in [3.8, 4) is 0 Å². The van der Waals surface area contributed by atoms with E-state index in [4.69, 9.17) is 10.5 Å². The van der Waals surface area contributed by atoms with Crippen molar-refractivity contribution in [3.05, 3.63) is 29.8 Å². The minimum Gasteiger partial charge on any atom is -0.462 e. The van der Waals surface area contributed by atoms with Crippen molar-refractivity contribution in [2.45, 2.75) is 19.4 Å². The highest BCUT2D eigenvalue weighted by Gasteiger charge is 2.17. The van der Waals surface area contributed by atoms with E-state index < -0.39 is 12.0 Å². The Bertz CT molecular complexity index is 465. The Morgan fingerprint density at radius 2 is 2.10 bits per heavy atom. The van der Waals surface area contributed by atoms with Crippen molar-refractivity contribution in [1.82, 2.24) is 0 Å². The second-order valence-corrected chi connectivity index (χ2v) is 5.13. The quantitative estimate of drug-likeness (QED) is 0.751. The minimum absolute atomic E-state index is 0.286. The van der Waals surface area contributed by atoms with Crippen LogP contribution in [0, 0.1) is 0 Å². The number of thioether (sulfide) groups is 1. The van der Waals surface area contributed by atoms with Gasteiger partial charge in [0.1, 0.15) is 0 Å². The zero-order chi connectivity index (χ0) is 15.0. The van der Waals surface area contributed by atoms with Gasteiger partial charge in [0.15, 0.2) is 0 Å². The van der Waals surface area contributed by atoms with E-state index in [0.29, 0.717) is 17.7 Å². The first-order valence-electron chi connectivity index (χ1n) is 6.41. The Hall–Kier alpha value is -1.53. The molecule has 1 aromatic rings. The van der Waals surface area contributed by atoms with Gasteiger partial charge in [-0.3, -0.25) is 4.79 Å². The SMILES string of the molecule is CCOC(=O)c1ccccc1NC(=O)[C@H](N)CCSC. The standard InChI is InChI=1S/C14H20N2O3S/c1-3-19-14(18)10-6-4-5-7-12(10)16-13(17)11(15)8-9-20-2/h4-7,11H,3,8-9,15H2,1-2H3,(H,16,17)/t11-/m1/s1. The van der Waals surface area contributed by atoms with Crippen molar-refractivity contribution < 1.29 is 14.3 Å². The topological polar surface area (TPSA) is 81.4 Å². The van der Waals surface area contributed by atoms with Crippen LogP contribution >= 0.6 is 11.8 Å². The van der Waals surface area contributed by atoms with E-state index >= 15 is 0 Å². The molecule has 0 unspecified atom stereocenters. The number of amides is 1. The van der Waals surface area contributed by atoms with Gasteiger partial charge in [0.2, 0.25) is 5.91 Å². The first kappa shape index (κ1) is 16.5. The molecule has 0 spiro atoms. The number of para-hydroxylation sites is 1. The van der Waals surface area contributed by atoms with Crippen LogP contribution in [0.15, 0.2) is 24.3 Å². The predicted molar refractivity (Wildman–Crippen MR) is 82.0 cm³/mol. The largest absolute Gasteiger partial charge is 0.462 e. The molecule has 0 radical (unpaired) electrons. The average molecular weight is 296 g/mol. The lowest BCUT2D eigenvalue weighted by atomic mass is 10.1. The van der Waals surface area contributed by atoms with Crippen LogP contribution in [0.3, 0.4) is 0 Å². The fraction of sp³-hybridized carbons (Fsp3) is 0.429. The molecule has 20 heavy (non-hydrogen) atoms. The summed E-state index contributed by atoms with van der Waals surface area (Å²) in [5.41, 5.74) is 6.55. The van der Waals surface area contributed by atoms with Crippen LogP contribution < -0.4 is 11.1 Å². The van der Waals surface area contributed by atoms with Gasteiger partial charge < -0.3 is 15.8 Å². The smallest absolute Gasteiger partial charge is 0.340 e. The number of esters is 1. The van der Waals surface area contributed by atoms with Gasteiger partial charge in [0.05, 0.1) is 23.9 Å².